The number of urea groups is 1. The molecule has 1 aliphatic rings. The van der Waals surface area contributed by atoms with Gasteiger partial charge in [-0.15, -0.1) is 0 Å². The summed E-state index contributed by atoms with van der Waals surface area (Å²) >= 11 is 0. The van der Waals surface area contributed by atoms with Crippen molar-refractivity contribution in [3.63, 3.8) is 0 Å². The van der Waals surface area contributed by atoms with Gasteiger partial charge in [0.15, 0.2) is 0 Å². The van der Waals surface area contributed by atoms with E-state index in [0.29, 0.717) is 13.0 Å². The molecule has 0 unspecified atom stereocenters. The lowest BCUT2D eigenvalue weighted by atomic mass is 10.1. The molecule has 1 aromatic rings. The maximum absolute atomic E-state index is 11.8. The molecule has 0 bridgehead atoms. The monoisotopic (exact) mass is 289 g/mol. The van der Waals surface area contributed by atoms with Gasteiger partial charge in [-0.3, -0.25) is 4.79 Å². The highest BCUT2D eigenvalue weighted by Crippen LogP contribution is 2.11. The van der Waals surface area contributed by atoms with Gasteiger partial charge in [0.1, 0.15) is 0 Å². The molecule has 1 saturated heterocycles. The van der Waals surface area contributed by atoms with Crippen LogP contribution in [0.25, 0.3) is 0 Å². The number of hydrogen-bond acceptors (Lipinski definition) is 2. The van der Waals surface area contributed by atoms with Crippen molar-refractivity contribution in [1.82, 2.24) is 15.5 Å². The van der Waals surface area contributed by atoms with Crippen LogP contribution in [0, 0.1) is 0 Å². The minimum absolute atomic E-state index is 0.0219. The third-order valence-electron chi connectivity index (χ3n) is 3.71. The van der Waals surface area contributed by atoms with Crippen molar-refractivity contribution in [3.8, 4) is 0 Å². The molecule has 1 fully saturated rings. The van der Waals surface area contributed by atoms with Gasteiger partial charge in [0.05, 0.1) is 6.04 Å². The zero-order valence-electron chi connectivity index (χ0n) is 12.5. The Labute approximate surface area is 125 Å². The summed E-state index contributed by atoms with van der Waals surface area (Å²) in [4.78, 5) is 25.1. The number of rotatable bonds is 6. The van der Waals surface area contributed by atoms with Crippen molar-refractivity contribution < 1.29 is 9.59 Å². The smallest absolute Gasteiger partial charge is 0.315 e. The van der Waals surface area contributed by atoms with Gasteiger partial charge in [-0.1, -0.05) is 30.3 Å². The molecule has 0 spiro atoms. The van der Waals surface area contributed by atoms with Gasteiger partial charge < -0.3 is 15.5 Å². The number of hydrogen-bond donors (Lipinski definition) is 2. The van der Waals surface area contributed by atoms with Crippen LogP contribution in [0.3, 0.4) is 0 Å². The molecule has 1 aliphatic heterocycles. The largest absolute Gasteiger partial charge is 0.343 e. The Balaban J connectivity index is 1.62. The van der Waals surface area contributed by atoms with E-state index in [0.717, 1.165) is 31.5 Å². The summed E-state index contributed by atoms with van der Waals surface area (Å²) in [5.74, 6) is 0.233. The average molecular weight is 289 g/mol. The van der Waals surface area contributed by atoms with E-state index in [-0.39, 0.29) is 18.0 Å². The fourth-order valence-electron chi connectivity index (χ4n) is 2.49. The van der Waals surface area contributed by atoms with Crippen LogP contribution in [0.1, 0.15) is 37.8 Å². The first-order valence-electron chi connectivity index (χ1n) is 7.54. The van der Waals surface area contributed by atoms with Crippen molar-refractivity contribution in [2.24, 2.45) is 0 Å². The highest BCUT2D eigenvalue weighted by molar-refractivity contribution is 5.78. The number of benzene rings is 1. The van der Waals surface area contributed by atoms with Crippen molar-refractivity contribution in [1.29, 1.82) is 0 Å². The fourth-order valence-corrected chi connectivity index (χ4v) is 2.49. The second-order valence-electron chi connectivity index (χ2n) is 5.37. The number of amides is 3. The van der Waals surface area contributed by atoms with Crippen molar-refractivity contribution in [2.75, 3.05) is 19.6 Å². The molecule has 3 amide bonds. The highest BCUT2D eigenvalue weighted by atomic mass is 16.2. The fraction of sp³-hybridized carbons (Fsp3) is 0.500. The van der Waals surface area contributed by atoms with Gasteiger partial charge in [0.25, 0.3) is 0 Å². The molecular weight excluding hydrogens is 266 g/mol. The Morgan fingerprint density at radius 3 is 2.76 bits per heavy atom. The quantitative estimate of drug-likeness (QED) is 0.787. The zero-order valence-corrected chi connectivity index (χ0v) is 12.5. The normalized spacial score (nSPS) is 15.9. The minimum Gasteiger partial charge on any atom is -0.343 e. The summed E-state index contributed by atoms with van der Waals surface area (Å²) in [5.41, 5.74) is 1.08. The SMILES string of the molecule is C[C@H](NC(=O)NCCCN1CCCC1=O)c1ccccc1. The molecule has 1 aromatic carbocycles. The molecule has 1 atom stereocenters. The van der Waals surface area contributed by atoms with Crippen LogP contribution in [0.2, 0.25) is 0 Å². The Kier molecular flexibility index (Phi) is 5.60. The second kappa shape index (κ2) is 7.67. The van der Waals surface area contributed by atoms with Gasteiger partial charge in [-0.2, -0.15) is 0 Å². The molecule has 21 heavy (non-hydrogen) atoms. The molecular formula is C16H23N3O2. The first-order chi connectivity index (χ1) is 10.2. The predicted octanol–water partition coefficient (Wildman–Crippen LogP) is 2.06. The number of carbonyl (C=O) groups excluding carboxylic acids is 2. The average Bonchev–Trinajstić information content (AvgIpc) is 2.90. The van der Waals surface area contributed by atoms with Crippen LogP contribution in [-0.2, 0) is 4.79 Å². The summed E-state index contributed by atoms with van der Waals surface area (Å²) in [6.45, 7) is 4.12. The predicted molar refractivity (Wildman–Crippen MR) is 81.8 cm³/mol. The third-order valence-corrected chi connectivity index (χ3v) is 3.71. The number of nitrogens with one attached hydrogen (secondary N) is 2. The van der Waals surface area contributed by atoms with Gasteiger partial charge in [-0.25, -0.2) is 4.79 Å². The molecule has 114 valence electrons. The molecule has 2 rings (SSSR count). The van der Waals surface area contributed by atoms with Gasteiger partial charge in [-0.05, 0) is 25.3 Å². The van der Waals surface area contributed by atoms with Crippen LogP contribution >= 0.6 is 0 Å². The van der Waals surface area contributed by atoms with E-state index in [1.807, 2.05) is 42.2 Å². The highest BCUT2D eigenvalue weighted by Gasteiger charge is 2.19. The molecule has 5 nitrogen and oxygen atoms in total. The van der Waals surface area contributed by atoms with Gasteiger partial charge >= 0.3 is 6.03 Å². The van der Waals surface area contributed by atoms with Crippen molar-refractivity contribution >= 4 is 11.9 Å². The zero-order chi connectivity index (χ0) is 15.1. The molecule has 0 radical (unpaired) electrons. The van der Waals surface area contributed by atoms with E-state index < -0.39 is 0 Å². The van der Waals surface area contributed by atoms with Crippen LogP contribution < -0.4 is 10.6 Å². The summed E-state index contributed by atoms with van der Waals surface area (Å²) < 4.78 is 0. The van der Waals surface area contributed by atoms with Crippen LogP contribution in [0.4, 0.5) is 4.79 Å². The maximum Gasteiger partial charge on any atom is 0.315 e. The number of carbonyl (C=O) groups is 2. The van der Waals surface area contributed by atoms with Crippen LogP contribution in [0.15, 0.2) is 30.3 Å². The second-order valence-corrected chi connectivity index (χ2v) is 5.37. The Bertz CT molecular complexity index is 476. The molecule has 5 heteroatoms. The Morgan fingerprint density at radius 2 is 2.10 bits per heavy atom. The first kappa shape index (κ1) is 15.4. The van der Waals surface area contributed by atoms with Crippen molar-refractivity contribution in [3.05, 3.63) is 35.9 Å². The Morgan fingerprint density at radius 1 is 1.33 bits per heavy atom. The van der Waals surface area contributed by atoms with E-state index in [1.165, 1.54) is 0 Å². The number of likely N-dealkylation sites (tertiary alicyclic amines) is 1. The van der Waals surface area contributed by atoms with E-state index in [4.69, 9.17) is 0 Å². The standard InChI is InChI=1S/C16H23N3O2/c1-13(14-7-3-2-4-8-14)18-16(21)17-10-6-12-19-11-5-9-15(19)20/h2-4,7-8,13H,5-6,9-12H2,1H3,(H2,17,18,21)/t13-/m0/s1. The molecule has 0 aliphatic carbocycles. The number of nitrogens with zero attached hydrogens (tertiary/aromatic N) is 1. The summed E-state index contributed by atoms with van der Waals surface area (Å²) in [6.07, 6.45) is 2.42. The third kappa shape index (κ3) is 4.77. The summed E-state index contributed by atoms with van der Waals surface area (Å²) in [5, 5.41) is 5.74. The van der Waals surface area contributed by atoms with Crippen molar-refractivity contribution in [2.45, 2.75) is 32.2 Å². The lowest BCUT2D eigenvalue weighted by Gasteiger charge is -2.17. The van der Waals surface area contributed by atoms with Crippen LogP contribution in [-0.4, -0.2) is 36.5 Å². The van der Waals surface area contributed by atoms with E-state index in [2.05, 4.69) is 10.6 Å². The summed E-state index contributed by atoms with van der Waals surface area (Å²) in [6, 6.07) is 9.66. The summed E-state index contributed by atoms with van der Waals surface area (Å²) in [7, 11) is 0. The maximum atomic E-state index is 11.8. The minimum atomic E-state index is -0.167. The topological polar surface area (TPSA) is 61.4 Å². The van der Waals surface area contributed by atoms with E-state index in [1.54, 1.807) is 0 Å². The molecule has 2 N–H and O–H groups in total. The molecule has 0 aromatic heterocycles. The lowest BCUT2D eigenvalue weighted by molar-refractivity contribution is -0.127. The lowest BCUT2D eigenvalue weighted by Crippen LogP contribution is -2.38. The Hall–Kier alpha value is -2.04. The first-order valence-corrected chi connectivity index (χ1v) is 7.54. The molecule has 1 heterocycles. The van der Waals surface area contributed by atoms with Crippen LogP contribution in [0.5, 0.6) is 0 Å². The van der Waals surface area contributed by atoms with E-state index in [9.17, 15) is 9.59 Å². The van der Waals surface area contributed by atoms with E-state index >= 15 is 0 Å². The van der Waals surface area contributed by atoms with Gasteiger partial charge in [0, 0.05) is 26.1 Å². The van der Waals surface area contributed by atoms with Gasteiger partial charge in [0.2, 0.25) is 5.91 Å². The molecule has 0 saturated carbocycles.